The third kappa shape index (κ3) is 66.9. The fourth-order valence-electron chi connectivity index (χ4n) is 11.8. The molecular weight excluding hydrogens is 1080 g/mol. The number of hydrogen-bond acceptors (Lipinski definition) is 7. The molecular formula is C76H149N2O7P. The van der Waals surface area contributed by atoms with Gasteiger partial charge in [0.25, 0.3) is 7.82 Å². The van der Waals surface area contributed by atoms with Crippen LogP contribution in [-0.4, -0.2) is 69.4 Å². The minimum Gasteiger partial charge on any atom is -0.756 e. The smallest absolute Gasteiger partial charge is 0.306 e. The lowest BCUT2D eigenvalue weighted by atomic mass is 10.0. The Kier molecular flexibility index (Phi) is 65.2. The maximum absolute atomic E-state index is 13.6. The van der Waals surface area contributed by atoms with Crippen LogP contribution in [0.3, 0.4) is 0 Å². The molecule has 3 atom stereocenters. The predicted molar refractivity (Wildman–Crippen MR) is 372 cm³/mol. The topological polar surface area (TPSA) is 114 Å². The lowest BCUT2D eigenvalue weighted by molar-refractivity contribution is -0.870. The van der Waals surface area contributed by atoms with Gasteiger partial charge >= 0.3 is 5.97 Å². The van der Waals surface area contributed by atoms with Gasteiger partial charge in [-0.05, 0) is 57.4 Å². The third-order valence-corrected chi connectivity index (χ3v) is 18.6. The quantitative estimate of drug-likeness (QED) is 0.0212. The van der Waals surface area contributed by atoms with Crippen molar-refractivity contribution < 1.29 is 37.3 Å². The summed E-state index contributed by atoms with van der Waals surface area (Å²) < 4.78 is 30.5. The SMILES string of the molecule is CCCCCCCC/C=C/CCCCCCCCCCCCCCCC(=O)NC(COP(=O)([O-])OCC[N+](C)(C)C)C(/C=C/CCCCCCCCCCCC)OC(=O)CCCCCCCCCCCCCCCCCCCCCCCCCCC. The van der Waals surface area contributed by atoms with Crippen molar-refractivity contribution in [2.24, 2.45) is 0 Å². The van der Waals surface area contributed by atoms with Crippen molar-refractivity contribution in [1.82, 2.24) is 5.32 Å². The van der Waals surface area contributed by atoms with E-state index in [1.54, 1.807) is 0 Å². The van der Waals surface area contributed by atoms with Gasteiger partial charge < -0.3 is 28.5 Å². The number of unbranched alkanes of at least 4 members (excludes halogenated alkanes) is 53. The van der Waals surface area contributed by atoms with Crippen molar-refractivity contribution in [2.75, 3.05) is 40.9 Å². The number of hydrogen-bond donors (Lipinski definition) is 1. The van der Waals surface area contributed by atoms with E-state index in [0.717, 1.165) is 57.8 Å². The van der Waals surface area contributed by atoms with Gasteiger partial charge in [-0.15, -0.1) is 0 Å². The summed E-state index contributed by atoms with van der Waals surface area (Å²) in [6, 6.07) is -0.884. The van der Waals surface area contributed by atoms with Gasteiger partial charge in [0.1, 0.15) is 19.3 Å². The average molecular weight is 1230 g/mol. The van der Waals surface area contributed by atoms with Crippen molar-refractivity contribution in [1.29, 1.82) is 0 Å². The van der Waals surface area contributed by atoms with Crippen molar-refractivity contribution in [3.05, 3.63) is 24.3 Å². The number of carbonyl (C=O) groups is 2. The van der Waals surface area contributed by atoms with Crippen LogP contribution >= 0.6 is 7.82 Å². The molecule has 0 fully saturated rings. The molecule has 0 heterocycles. The Hall–Kier alpha value is -1.51. The van der Waals surface area contributed by atoms with Crippen molar-refractivity contribution in [3.63, 3.8) is 0 Å². The molecule has 10 heteroatoms. The number of phosphoric acid groups is 1. The first-order valence-electron chi connectivity index (χ1n) is 38.1. The molecule has 0 radical (unpaired) electrons. The fourth-order valence-corrected chi connectivity index (χ4v) is 12.5. The number of phosphoric ester groups is 1. The normalized spacial score (nSPS) is 13.5. The van der Waals surface area contributed by atoms with Crippen LogP contribution in [0.2, 0.25) is 0 Å². The Balaban J connectivity index is 4.95. The number of likely N-dealkylation sites (N-methyl/N-ethyl adjacent to an activating group) is 1. The first kappa shape index (κ1) is 84.5. The second-order valence-corrected chi connectivity index (χ2v) is 28.9. The molecule has 9 nitrogen and oxygen atoms in total. The maximum Gasteiger partial charge on any atom is 0.306 e. The van der Waals surface area contributed by atoms with Gasteiger partial charge in [0, 0.05) is 12.8 Å². The molecule has 1 N–H and O–H groups in total. The molecule has 0 aliphatic carbocycles. The number of amides is 1. The Morgan fingerprint density at radius 3 is 0.988 bits per heavy atom. The lowest BCUT2D eigenvalue weighted by Gasteiger charge is -2.30. The molecule has 0 aromatic carbocycles. The van der Waals surface area contributed by atoms with Crippen LogP contribution in [0.25, 0.3) is 0 Å². The van der Waals surface area contributed by atoms with E-state index in [-0.39, 0.29) is 31.5 Å². The van der Waals surface area contributed by atoms with Crippen LogP contribution in [0.5, 0.6) is 0 Å². The number of nitrogens with zero attached hydrogens (tertiary/aromatic N) is 1. The van der Waals surface area contributed by atoms with Crippen LogP contribution in [0.1, 0.15) is 400 Å². The highest BCUT2D eigenvalue weighted by Gasteiger charge is 2.27. The zero-order chi connectivity index (χ0) is 62.8. The Bertz CT molecular complexity index is 1520. The highest BCUT2D eigenvalue weighted by molar-refractivity contribution is 7.45. The van der Waals surface area contributed by atoms with E-state index in [1.807, 2.05) is 33.3 Å². The number of allylic oxidation sites excluding steroid dienone is 3. The zero-order valence-corrected chi connectivity index (χ0v) is 59.5. The average Bonchev–Trinajstić information content (AvgIpc) is 3.66. The minimum absolute atomic E-state index is 0.0179. The molecule has 86 heavy (non-hydrogen) atoms. The van der Waals surface area contributed by atoms with Crippen LogP contribution in [0.4, 0.5) is 0 Å². The first-order chi connectivity index (χ1) is 41.9. The summed E-state index contributed by atoms with van der Waals surface area (Å²) in [7, 11) is 1.21. The van der Waals surface area contributed by atoms with Crippen LogP contribution in [0, 0.1) is 0 Å². The highest BCUT2D eigenvalue weighted by Crippen LogP contribution is 2.38. The molecule has 0 aromatic rings. The monoisotopic (exact) mass is 1230 g/mol. The van der Waals surface area contributed by atoms with E-state index in [9.17, 15) is 19.0 Å². The van der Waals surface area contributed by atoms with Crippen molar-refractivity contribution in [3.8, 4) is 0 Å². The summed E-state index contributed by atoms with van der Waals surface area (Å²) in [5.74, 6) is -0.515. The maximum atomic E-state index is 13.6. The van der Waals surface area contributed by atoms with Crippen LogP contribution in [0.15, 0.2) is 24.3 Å². The fraction of sp³-hybridized carbons (Fsp3) is 0.921. The second kappa shape index (κ2) is 66.4. The van der Waals surface area contributed by atoms with Crippen LogP contribution < -0.4 is 10.2 Å². The molecule has 0 spiro atoms. The van der Waals surface area contributed by atoms with Crippen molar-refractivity contribution >= 4 is 19.7 Å². The zero-order valence-electron chi connectivity index (χ0n) is 58.6. The van der Waals surface area contributed by atoms with Gasteiger partial charge in [-0.2, -0.15) is 0 Å². The molecule has 0 saturated carbocycles. The summed E-state index contributed by atoms with van der Waals surface area (Å²) in [5.41, 5.74) is 0. The lowest BCUT2D eigenvalue weighted by Crippen LogP contribution is -2.47. The largest absolute Gasteiger partial charge is 0.756 e. The molecule has 510 valence electrons. The van der Waals surface area contributed by atoms with Gasteiger partial charge in [0.05, 0.1) is 33.8 Å². The van der Waals surface area contributed by atoms with E-state index in [4.69, 9.17) is 13.8 Å². The van der Waals surface area contributed by atoms with Gasteiger partial charge in [0.2, 0.25) is 5.91 Å². The predicted octanol–water partition coefficient (Wildman–Crippen LogP) is 23.8. The number of nitrogens with one attached hydrogen (secondary N) is 1. The van der Waals surface area contributed by atoms with E-state index in [0.29, 0.717) is 17.4 Å². The number of esters is 1. The summed E-state index contributed by atoms with van der Waals surface area (Å²) in [5, 5.41) is 3.06. The van der Waals surface area contributed by atoms with Crippen LogP contribution in [-0.2, 0) is 27.9 Å². The van der Waals surface area contributed by atoms with E-state index >= 15 is 0 Å². The molecule has 3 unspecified atom stereocenters. The summed E-state index contributed by atoms with van der Waals surface area (Å²) in [4.78, 5) is 40.3. The molecule has 0 bridgehead atoms. The molecule has 0 aliphatic rings. The molecule has 0 rings (SSSR count). The summed E-state index contributed by atoms with van der Waals surface area (Å²) in [6.45, 7) is 6.92. The Morgan fingerprint density at radius 1 is 0.395 bits per heavy atom. The number of quaternary nitrogens is 1. The van der Waals surface area contributed by atoms with Gasteiger partial charge in [0.15, 0.2) is 0 Å². The minimum atomic E-state index is -4.70. The first-order valence-corrected chi connectivity index (χ1v) is 39.6. The summed E-state index contributed by atoms with van der Waals surface area (Å²) in [6.07, 6.45) is 81.7. The van der Waals surface area contributed by atoms with Gasteiger partial charge in [-0.3, -0.25) is 14.2 Å². The Morgan fingerprint density at radius 2 is 0.674 bits per heavy atom. The van der Waals surface area contributed by atoms with E-state index in [1.165, 1.54) is 308 Å². The second-order valence-electron chi connectivity index (χ2n) is 27.5. The van der Waals surface area contributed by atoms with E-state index < -0.39 is 20.0 Å². The number of rotatable bonds is 71. The van der Waals surface area contributed by atoms with Crippen molar-refractivity contribution in [2.45, 2.75) is 412 Å². The summed E-state index contributed by atoms with van der Waals surface area (Å²) >= 11 is 0. The standard InChI is InChI=1S/C76H149N2O7P/c1-7-10-13-16-19-22-25-28-30-32-34-36-38-39-41-43-45-47-49-51-54-57-60-63-66-69-76(80)85-74(67-64-61-58-55-52-27-24-21-18-15-12-9-3)73(72-84-86(81,82)83-71-70-78(4,5)6)77-75(79)68-65-62-59-56-53-50-48-46-44-42-40-37-35-33-31-29-26-23-20-17-14-11-8-2/h29,31,64,67,73-74H,7-28,30,32-63,65-66,68-72H2,1-6H3,(H-,77,79,81,82)/b31-29+,67-64+. The third-order valence-electron chi connectivity index (χ3n) is 17.6. The molecule has 0 aliphatic heterocycles. The van der Waals surface area contributed by atoms with Gasteiger partial charge in [-0.25, -0.2) is 0 Å². The highest BCUT2D eigenvalue weighted by atomic mass is 31.2. The number of ether oxygens (including phenoxy) is 1. The molecule has 0 saturated heterocycles. The number of carbonyl (C=O) groups excluding carboxylic acids is 2. The molecule has 1 amide bonds. The Labute approximate surface area is 536 Å². The molecule has 0 aromatic heterocycles. The van der Waals surface area contributed by atoms with Gasteiger partial charge in [-0.1, -0.05) is 354 Å². The van der Waals surface area contributed by atoms with E-state index in [2.05, 4.69) is 38.2 Å².